The summed E-state index contributed by atoms with van der Waals surface area (Å²) in [6.07, 6.45) is 1.32. The molecule has 6 nitrogen and oxygen atoms in total. The minimum atomic E-state index is -0.995. The number of amides is 1. The van der Waals surface area contributed by atoms with Gasteiger partial charge in [0.05, 0.1) is 10.6 Å². The molecule has 1 aromatic heterocycles. The molecule has 0 radical (unpaired) electrons. The SMILES string of the molecule is O=C(Nc1sc2c(c1C(=O)O)C1CCN2CC1)OCC1c2ccccc2-c2ccccc21. The van der Waals surface area contributed by atoms with Crippen molar-refractivity contribution < 1.29 is 19.4 Å². The molecule has 7 rings (SSSR count). The van der Waals surface area contributed by atoms with Crippen LogP contribution in [0.15, 0.2) is 48.5 Å². The van der Waals surface area contributed by atoms with Crippen LogP contribution in [0.3, 0.4) is 0 Å². The van der Waals surface area contributed by atoms with Gasteiger partial charge in [-0.1, -0.05) is 59.9 Å². The number of carbonyl (C=O) groups excluding carboxylic acids is 1. The lowest BCUT2D eigenvalue weighted by atomic mass is 9.84. The van der Waals surface area contributed by atoms with Crippen LogP contribution >= 0.6 is 11.3 Å². The molecule has 1 amide bonds. The first kappa shape index (κ1) is 19.4. The lowest BCUT2D eigenvalue weighted by Gasteiger charge is -2.40. The number of nitrogens with one attached hydrogen (secondary N) is 1. The summed E-state index contributed by atoms with van der Waals surface area (Å²) in [5.74, 6) is -0.772. The Hall–Kier alpha value is -3.32. The fourth-order valence-electron chi connectivity index (χ4n) is 5.44. The van der Waals surface area contributed by atoms with Crippen molar-refractivity contribution in [2.75, 3.05) is 29.9 Å². The van der Waals surface area contributed by atoms with Gasteiger partial charge in [-0.15, -0.1) is 0 Å². The maximum absolute atomic E-state index is 12.7. The number of piperidine rings is 1. The van der Waals surface area contributed by atoms with Gasteiger partial charge in [0.15, 0.2) is 0 Å². The number of thiophene rings is 1. The predicted octanol–water partition coefficient (Wildman–Crippen LogP) is 5.50. The van der Waals surface area contributed by atoms with E-state index in [0.29, 0.717) is 5.00 Å². The molecule has 3 aliphatic heterocycles. The van der Waals surface area contributed by atoms with Crippen molar-refractivity contribution in [1.29, 1.82) is 0 Å². The quantitative estimate of drug-likeness (QED) is 0.553. The monoisotopic (exact) mass is 446 g/mol. The molecular formula is C25H22N2O4S. The number of anilines is 2. The summed E-state index contributed by atoms with van der Waals surface area (Å²) in [5, 5.41) is 14.0. The van der Waals surface area contributed by atoms with Crippen molar-refractivity contribution >= 4 is 33.4 Å². The first-order chi connectivity index (χ1) is 15.6. The van der Waals surface area contributed by atoms with Gasteiger partial charge < -0.3 is 14.7 Å². The molecule has 1 fully saturated rings. The van der Waals surface area contributed by atoms with Crippen molar-refractivity contribution in [3.63, 3.8) is 0 Å². The normalized spacial score (nSPS) is 16.4. The minimum absolute atomic E-state index is 0.0365. The molecule has 2 bridgehead atoms. The number of carboxylic acid groups (broad SMARTS) is 1. The highest BCUT2D eigenvalue weighted by molar-refractivity contribution is 7.20. The van der Waals surface area contributed by atoms with Crippen LogP contribution in [-0.2, 0) is 4.74 Å². The lowest BCUT2D eigenvalue weighted by molar-refractivity contribution is 0.0696. The highest BCUT2D eigenvalue weighted by Gasteiger charge is 2.38. The number of nitrogens with zero attached hydrogens (tertiary/aromatic N) is 1. The van der Waals surface area contributed by atoms with E-state index in [1.54, 1.807) is 0 Å². The summed E-state index contributed by atoms with van der Waals surface area (Å²) in [6.45, 7) is 2.09. The van der Waals surface area contributed by atoms with E-state index in [2.05, 4.69) is 34.5 Å². The van der Waals surface area contributed by atoms with Crippen LogP contribution in [0.1, 0.15) is 51.7 Å². The molecule has 32 heavy (non-hydrogen) atoms. The zero-order valence-electron chi connectivity index (χ0n) is 17.3. The standard InChI is InChI=1S/C25H22N2O4S/c28-24(29)21-20-14-9-11-27(12-10-14)23(20)32-22(21)26-25(30)31-13-19-17-7-3-1-5-15(17)16-6-2-4-8-18(16)19/h1-8,14,19H,9-13H2,(H,26,30)(H,28,29). The van der Waals surface area contributed by atoms with Gasteiger partial charge in [-0.25, -0.2) is 9.59 Å². The highest BCUT2D eigenvalue weighted by Crippen LogP contribution is 2.52. The summed E-state index contributed by atoms with van der Waals surface area (Å²) < 4.78 is 5.63. The summed E-state index contributed by atoms with van der Waals surface area (Å²) >= 11 is 1.35. The number of carbonyl (C=O) groups is 2. The second-order valence-electron chi connectivity index (χ2n) is 8.54. The number of aromatic carboxylic acids is 1. The van der Waals surface area contributed by atoms with Gasteiger partial charge >= 0.3 is 12.1 Å². The summed E-state index contributed by atoms with van der Waals surface area (Å²) in [4.78, 5) is 27.0. The number of carboxylic acids is 1. The van der Waals surface area contributed by atoms with Gasteiger partial charge in [-0.05, 0) is 41.0 Å². The molecule has 1 saturated heterocycles. The van der Waals surface area contributed by atoms with Crippen LogP contribution in [0.25, 0.3) is 11.1 Å². The third kappa shape index (κ3) is 2.92. The molecule has 1 aliphatic carbocycles. The molecule has 0 saturated carbocycles. The number of hydrogen-bond donors (Lipinski definition) is 2. The highest BCUT2D eigenvalue weighted by atomic mass is 32.1. The van der Waals surface area contributed by atoms with E-state index in [1.165, 1.54) is 22.5 Å². The van der Waals surface area contributed by atoms with E-state index >= 15 is 0 Å². The molecular weight excluding hydrogens is 424 g/mol. The average Bonchev–Trinajstić information content (AvgIpc) is 3.36. The summed E-state index contributed by atoms with van der Waals surface area (Å²) in [7, 11) is 0. The molecule has 2 aromatic carbocycles. The number of benzene rings is 2. The largest absolute Gasteiger partial charge is 0.478 e. The Labute approximate surface area is 189 Å². The number of ether oxygens (including phenoxy) is 1. The van der Waals surface area contributed by atoms with E-state index in [1.807, 2.05) is 24.3 Å². The zero-order valence-corrected chi connectivity index (χ0v) is 18.2. The molecule has 0 atom stereocenters. The van der Waals surface area contributed by atoms with Gasteiger partial charge in [-0.2, -0.15) is 0 Å². The van der Waals surface area contributed by atoms with Gasteiger partial charge in [0.1, 0.15) is 11.6 Å². The van der Waals surface area contributed by atoms with Crippen LogP contribution in [-0.4, -0.2) is 36.9 Å². The topological polar surface area (TPSA) is 78.9 Å². The molecule has 7 heteroatoms. The number of hydrogen-bond acceptors (Lipinski definition) is 5. The zero-order chi connectivity index (χ0) is 21.8. The third-order valence-electron chi connectivity index (χ3n) is 6.89. The van der Waals surface area contributed by atoms with E-state index in [4.69, 9.17) is 4.74 Å². The first-order valence-electron chi connectivity index (χ1n) is 10.9. The second-order valence-corrected chi connectivity index (χ2v) is 9.54. The molecule has 162 valence electrons. The van der Waals surface area contributed by atoms with Crippen molar-refractivity contribution in [2.24, 2.45) is 0 Å². The van der Waals surface area contributed by atoms with Crippen molar-refractivity contribution in [3.8, 4) is 11.1 Å². The van der Waals surface area contributed by atoms with Gasteiger partial charge in [-0.3, -0.25) is 5.32 Å². The number of rotatable bonds is 4. The number of fused-ring (bicyclic) bond motifs is 5. The average molecular weight is 447 g/mol. The van der Waals surface area contributed by atoms with E-state index in [-0.39, 0.29) is 24.0 Å². The van der Waals surface area contributed by atoms with Crippen LogP contribution in [0.4, 0.5) is 14.8 Å². The van der Waals surface area contributed by atoms with E-state index < -0.39 is 12.1 Å². The Balaban J connectivity index is 1.23. The molecule has 0 spiro atoms. The van der Waals surface area contributed by atoms with Crippen molar-refractivity contribution in [3.05, 3.63) is 70.8 Å². The molecule has 4 heterocycles. The molecule has 2 N–H and O–H groups in total. The van der Waals surface area contributed by atoms with E-state index in [0.717, 1.165) is 47.6 Å². The Bertz CT molecular complexity index is 1200. The smallest absolute Gasteiger partial charge is 0.412 e. The van der Waals surface area contributed by atoms with Gasteiger partial charge in [0.2, 0.25) is 0 Å². The van der Waals surface area contributed by atoms with Crippen molar-refractivity contribution in [1.82, 2.24) is 0 Å². The van der Waals surface area contributed by atoms with E-state index in [9.17, 15) is 14.7 Å². The van der Waals surface area contributed by atoms with Crippen LogP contribution in [0, 0.1) is 0 Å². The van der Waals surface area contributed by atoms with Crippen LogP contribution in [0.2, 0.25) is 0 Å². The fraction of sp³-hybridized carbons (Fsp3) is 0.280. The van der Waals surface area contributed by atoms with Crippen LogP contribution < -0.4 is 10.2 Å². The van der Waals surface area contributed by atoms with Crippen LogP contribution in [0.5, 0.6) is 0 Å². The molecule has 4 aliphatic rings. The fourth-order valence-corrected chi connectivity index (χ4v) is 6.76. The Morgan fingerprint density at radius 1 is 1.03 bits per heavy atom. The second kappa shape index (κ2) is 7.38. The third-order valence-corrected chi connectivity index (χ3v) is 8.07. The van der Waals surface area contributed by atoms with Gasteiger partial charge in [0, 0.05) is 24.6 Å². The first-order valence-corrected chi connectivity index (χ1v) is 11.7. The maximum Gasteiger partial charge on any atom is 0.412 e. The Kier molecular flexibility index (Phi) is 4.47. The minimum Gasteiger partial charge on any atom is -0.478 e. The molecule has 3 aromatic rings. The Morgan fingerprint density at radius 3 is 2.28 bits per heavy atom. The summed E-state index contributed by atoms with van der Waals surface area (Å²) in [5.41, 5.74) is 5.73. The Morgan fingerprint density at radius 2 is 1.66 bits per heavy atom. The summed E-state index contributed by atoms with van der Waals surface area (Å²) in [6, 6.07) is 16.3. The predicted molar refractivity (Wildman–Crippen MR) is 124 cm³/mol. The van der Waals surface area contributed by atoms with Gasteiger partial charge in [0.25, 0.3) is 0 Å². The lowest BCUT2D eigenvalue weighted by Crippen LogP contribution is -2.38. The molecule has 0 unspecified atom stereocenters. The maximum atomic E-state index is 12.7. The van der Waals surface area contributed by atoms with Crippen molar-refractivity contribution in [2.45, 2.75) is 24.7 Å².